The summed E-state index contributed by atoms with van der Waals surface area (Å²) in [7, 11) is 0. The van der Waals surface area contributed by atoms with Gasteiger partial charge in [-0.05, 0) is 18.9 Å². The van der Waals surface area contributed by atoms with Crippen LogP contribution < -0.4 is 0 Å². The number of carbonyl (C=O) groups is 1. The van der Waals surface area contributed by atoms with Crippen LogP contribution in [0.4, 0.5) is 0 Å². The predicted molar refractivity (Wildman–Crippen MR) is 64.9 cm³/mol. The lowest BCUT2D eigenvalue weighted by atomic mass is 10.3. The van der Waals surface area contributed by atoms with Crippen LogP contribution in [0.25, 0.3) is 0 Å². The SMILES string of the molecule is CCCc1cc(SCC(=O)O)n(CCC)n1. The van der Waals surface area contributed by atoms with Gasteiger partial charge in [0.2, 0.25) is 0 Å². The Morgan fingerprint density at radius 2 is 2.25 bits per heavy atom. The highest BCUT2D eigenvalue weighted by molar-refractivity contribution is 7.99. The number of aliphatic carboxylic acids is 1. The molecule has 0 saturated carbocycles. The normalized spacial score (nSPS) is 10.6. The molecule has 0 unspecified atom stereocenters. The van der Waals surface area contributed by atoms with Crippen LogP contribution in [0.3, 0.4) is 0 Å². The van der Waals surface area contributed by atoms with Crippen LogP contribution >= 0.6 is 11.8 Å². The van der Waals surface area contributed by atoms with E-state index in [2.05, 4.69) is 18.9 Å². The zero-order valence-electron chi connectivity index (χ0n) is 9.77. The largest absolute Gasteiger partial charge is 0.481 e. The molecule has 0 saturated heterocycles. The van der Waals surface area contributed by atoms with E-state index >= 15 is 0 Å². The molecule has 0 spiro atoms. The smallest absolute Gasteiger partial charge is 0.313 e. The average Bonchev–Trinajstić information content (AvgIpc) is 2.59. The molecule has 90 valence electrons. The van der Waals surface area contributed by atoms with Crippen molar-refractivity contribution in [3.63, 3.8) is 0 Å². The summed E-state index contributed by atoms with van der Waals surface area (Å²) in [5, 5.41) is 14.1. The van der Waals surface area contributed by atoms with E-state index in [-0.39, 0.29) is 5.75 Å². The summed E-state index contributed by atoms with van der Waals surface area (Å²) in [5.74, 6) is -0.688. The molecule has 0 aliphatic carbocycles. The van der Waals surface area contributed by atoms with Crippen molar-refractivity contribution in [2.24, 2.45) is 0 Å². The van der Waals surface area contributed by atoms with Crippen LogP contribution in [0.1, 0.15) is 32.4 Å². The number of hydrogen-bond donors (Lipinski definition) is 1. The van der Waals surface area contributed by atoms with Gasteiger partial charge in [0.25, 0.3) is 0 Å². The first-order valence-corrected chi connectivity index (χ1v) is 6.57. The quantitative estimate of drug-likeness (QED) is 0.746. The second kappa shape index (κ2) is 6.58. The Hall–Kier alpha value is -0.970. The second-order valence-corrected chi connectivity index (χ2v) is 4.63. The Balaban J connectivity index is 2.73. The molecule has 16 heavy (non-hydrogen) atoms. The molecule has 1 N–H and O–H groups in total. The summed E-state index contributed by atoms with van der Waals surface area (Å²) in [6.45, 7) is 5.06. The maximum atomic E-state index is 10.5. The van der Waals surface area contributed by atoms with Gasteiger partial charge >= 0.3 is 5.97 Å². The number of carboxylic acid groups (broad SMARTS) is 1. The molecule has 0 atom stereocenters. The first-order chi connectivity index (χ1) is 7.67. The molecule has 1 heterocycles. The van der Waals surface area contributed by atoms with Gasteiger partial charge in [-0.2, -0.15) is 5.10 Å². The van der Waals surface area contributed by atoms with Crippen molar-refractivity contribution in [2.45, 2.75) is 44.7 Å². The van der Waals surface area contributed by atoms with Crippen molar-refractivity contribution in [3.8, 4) is 0 Å². The molecule has 1 aromatic rings. The predicted octanol–water partition coefficient (Wildman–Crippen LogP) is 2.42. The summed E-state index contributed by atoms with van der Waals surface area (Å²) in [6, 6.07) is 2.01. The number of aromatic nitrogens is 2. The van der Waals surface area contributed by atoms with Gasteiger partial charge in [-0.25, -0.2) is 0 Å². The van der Waals surface area contributed by atoms with Gasteiger partial charge in [0.05, 0.1) is 16.5 Å². The van der Waals surface area contributed by atoms with Crippen molar-refractivity contribution in [1.82, 2.24) is 9.78 Å². The van der Waals surface area contributed by atoms with Gasteiger partial charge in [0, 0.05) is 6.54 Å². The molecule has 1 aromatic heterocycles. The fourth-order valence-electron chi connectivity index (χ4n) is 1.45. The van der Waals surface area contributed by atoms with Gasteiger partial charge in [0.1, 0.15) is 0 Å². The van der Waals surface area contributed by atoms with Crippen LogP contribution in [0.2, 0.25) is 0 Å². The molecule has 5 heteroatoms. The van der Waals surface area contributed by atoms with Gasteiger partial charge in [-0.15, -0.1) is 0 Å². The van der Waals surface area contributed by atoms with E-state index in [0.29, 0.717) is 0 Å². The highest BCUT2D eigenvalue weighted by Crippen LogP contribution is 2.20. The number of nitrogens with zero attached hydrogens (tertiary/aromatic N) is 2. The van der Waals surface area contributed by atoms with Crippen LogP contribution in [0, 0.1) is 0 Å². The van der Waals surface area contributed by atoms with Crippen molar-refractivity contribution >= 4 is 17.7 Å². The standard InChI is InChI=1S/C11H18N2O2S/c1-3-5-9-7-10(16-8-11(14)15)13(12-9)6-4-2/h7H,3-6,8H2,1-2H3,(H,14,15). The first-order valence-electron chi connectivity index (χ1n) is 5.58. The van der Waals surface area contributed by atoms with E-state index in [1.54, 1.807) is 0 Å². The molecular weight excluding hydrogens is 224 g/mol. The molecule has 0 aliphatic rings. The summed E-state index contributed by atoms with van der Waals surface area (Å²) in [4.78, 5) is 10.5. The van der Waals surface area contributed by atoms with Crippen molar-refractivity contribution in [2.75, 3.05) is 5.75 Å². The van der Waals surface area contributed by atoms with Crippen molar-refractivity contribution < 1.29 is 9.90 Å². The minimum Gasteiger partial charge on any atom is -0.481 e. The Kier molecular flexibility index (Phi) is 5.38. The van der Waals surface area contributed by atoms with Crippen LogP contribution in [-0.2, 0) is 17.8 Å². The van der Waals surface area contributed by atoms with Gasteiger partial charge < -0.3 is 5.11 Å². The minimum atomic E-state index is -0.786. The summed E-state index contributed by atoms with van der Waals surface area (Å²) >= 11 is 1.34. The molecular formula is C11H18N2O2S. The third kappa shape index (κ3) is 3.89. The molecule has 0 bridgehead atoms. The second-order valence-electron chi connectivity index (χ2n) is 3.63. The Labute approximate surface area is 100 Å². The first kappa shape index (κ1) is 13.1. The number of hydrogen-bond acceptors (Lipinski definition) is 3. The fraction of sp³-hybridized carbons (Fsp3) is 0.636. The van der Waals surface area contributed by atoms with E-state index in [4.69, 9.17) is 5.11 Å². The van der Waals surface area contributed by atoms with E-state index in [1.807, 2.05) is 10.7 Å². The van der Waals surface area contributed by atoms with E-state index in [9.17, 15) is 4.79 Å². The Morgan fingerprint density at radius 1 is 1.50 bits per heavy atom. The molecule has 0 amide bonds. The topological polar surface area (TPSA) is 55.1 Å². The van der Waals surface area contributed by atoms with Gasteiger partial charge in [-0.3, -0.25) is 9.48 Å². The van der Waals surface area contributed by atoms with E-state index in [1.165, 1.54) is 11.8 Å². The third-order valence-corrected chi connectivity index (χ3v) is 3.09. The van der Waals surface area contributed by atoms with Crippen molar-refractivity contribution in [1.29, 1.82) is 0 Å². The van der Waals surface area contributed by atoms with Gasteiger partial charge in [-0.1, -0.05) is 32.0 Å². The highest BCUT2D eigenvalue weighted by Gasteiger charge is 2.09. The van der Waals surface area contributed by atoms with Crippen LogP contribution in [-0.4, -0.2) is 26.6 Å². The highest BCUT2D eigenvalue weighted by atomic mass is 32.2. The lowest BCUT2D eigenvalue weighted by Crippen LogP contribution is -2.04. The van der Waals surface area contributed by atoms with Crippen LogP contribution in [0.15, 0.2) is 11.1 Å². The number of aryl methyl sites for hydroxylation is 2. The molecule has 0 fully saturated rings. The maximum Gasteiger partial charge on any atom is 0.313 e. The molecule has 0 aromatic carbocycles. The summed E-state index contributed by atoms with van der Waals surface area (Å²) in [5.41, 5.74) is 1.06. The van der Waals surface area contributed by atoms with E-state index in [0.717, 1.165) is 36.5 Å². The maximum absolute atomic E-state index is 10.5. The Bertz CT molecular complexity index is 350. The number of rotatable bonds is 7. The number of carboxylic acids is 1. The molecule has 0 radical (unpaired) electrons. The number of thioether (sulfide) groups is 1. The van der Waals surface area contributed by atoms with Crippen LogP contribution in [0.5, 0.6) is 0 Å². The summed E-state index contributed by atoms with van der Waals surface area (Å²) < 4.78 is 1.92. The molecule has 0 aliphatic heterocycles. The Morgan fingerprint density at radius 3 is 2.81 bits per heavy atom. The molecule has 4 nitrogen and oxygen atoms in total. The monoisotopic (exact) mass is 242 g/mol. The lowest BCUT2D eigenvalue weighted by molar-refractivity contribution is -0.133. The zero-order valence-corrected chi connectivity index (χ0v) is 10.6. The summed E-state index contributed by atoms with van der Waals surface area (Å²) in [6.07, 6.45) is 3.03. The van der Waals surface area contributed by atoms with E-state index < -0.39 is 5.97 Å². The fourth-order valence-corrected chi connectivity index (χ4v) is 2.22. The molecule has 1 rings (SSSR count). The zero-order chi connectivity index (χ0) is 12.0. The average molecular weight is 242 g/mol. The minimum absolute atomic E-state index is 0.0982. The third-order valence-electron chi connectivity index (χ3n) is 2.08. The van der Waals surface area contributed by atoms with Gasteiger partial charge in [0.15, 0.2) is 0 Å². The van der Waals surface area contributed by atoms with Crippen molar-refractivity contribution in [3.05, 3.63) is 11.8 Å². The lowest BCUT2D eigenvalue weighted by Gasteiger charge is -2.03.